The summed E-state index contributed by atoms with van der Waals surface area (Å²) in [5.41, 5.74) is 1.57. The molecule has 70 valence electrons. The lowest BCUT2D eigenvalue weighted by atomic mass is 10.0. The van der Waals surface area contributed by atoms with Crippen molar-refractivity contribution in [2.75, 3.05) is 7.05 Å². The van der Waals surface area contributed by atoms with Crippen molar-refractivity contribution >= 4 is 17.5 Å². The molecule has 13 heavy (non-hydrogen) atoms. The van der Waals surface area contributed by atoms with Gasteiger partial charge in [-0.2, -0.15) is 0 Å². The molecule has 1 aromatic carbocycles. The molecule has 0 saturated heterocycles. The molecule has 1 amide bonds. The second-order valence-corrected chi connectivity index (χ2v) is 3.11. The Bertz CT molecular complexity index is 323. The molecule has 0 aliphatic rings. The Labute approximate surface area is 82.9 Å². The average Bonchev–Trinajstić information content (AvgIpc) is 2.16. The smallest absolute Gasteiger partial charge is 0.251 e. The van der Waals surface area contributed by atoms with Crippen LogP contribution in [0.1, 0.15) is 22.8 Å². The number of carbonyl (C=O) groups is 1. The van der Waals surface area contributed by atoms with Crippen molar-refractivity contribution in [3.05, 3.63) is 34.3 Å². The predicted octanol–water partition coefficient (Wildman–Crippen LogP) is 2.26. The SMILES string of the molecule is CCc1c(Cl)cccc1C(=O)NC. The van der Waals surface area contributed by atoms with Gasteiger partial charge in [-0.25, -0.2) is 0 Å². The lowest BCUT2D eigenvalue weighted by molar-refractivity contribution is 0.0962. The Balaban J connectivity index is 3.20. The van der Waals surface area contributed by atoms with Crippen molar-refractivity contribution in [3.63, 3.8) is 0 Å². The maximum atomic E-state index is 11.4. The van der Waals surface area contributed by atoms with Gasteiger partial charge in [-0.1, -0.05) is 24.6 Å². The summed E-state index contributed by atoms with van der Waals surface area (Å²) in [4.78, 5) is 11.4. The van der Waals surface area contributed by atoms with Gasteiger partial charge in [0.15, 0.2) is 0 Å². The Morgan fingerprint density at radius 2 is 2.23 bits per heavy atom. The fraction of sp³-hybridized carbons (Fsp3) is 0.300. The second-order valence-electron chi connectivity index (χ2n) is 2.70. The van der Waals surface area contributed by atoms with Crippen molar-refractivity contribution in [1.82, 2.24) is 5.32 Å². The number of carbonyl (C=O) groups excluding carboxylic acids is 1. The summed E-state index contributed by atoms with van der Waals surface area (Å²) in [6, 6.07) is 5.36. The highest BCUT2D eigenvalue weighted by molar-refractivity contribution is 6.31. The number of hydrogen-bond donors (Lipinski definition) is 1. The van der Waals surface area contributed by atoms with E-state index in [1.54, 1.807) is 25.2 Å². The maximum Gasteiger partial charge on any atom is 0.251 e. The van der Waals surface area contributed by atoms with Gasteiger partial charge < -0.3 is 5.32 Å². The van der Waals surface area contributed by atoms with Crippen LogP contribution in [0.3, 0.4) is 0 Å². The first-order chi connectivity index (χ1) is 6.20. The molecule has 0 saturated carbocycles. The van der Waals surface area contributed by atoms with E-state index in [0.29, 0.717) is 10.6 Å². The predicted molar refractivity (Wildman–Crippen MR) is 54.2 cm³/mol. The van der Waals surface area contributed by atoms with E-state index >= 15 is 0 Å². The molecule has 1 rings (SSSR count). The van der Waals surface area contributed by atoms with Crippen molar-refractivity contribution in [2.45, 2.75) is 13.3 Å². The van der Waals surface area contributed by atoms with Crippen molar-refractivity contribution < 1.29 is 4.79 Å². The minimum atomic E-state index is -0.0839. The lowest BCUT2D eigenvalue weighted by Gasteiger charge is -2.07. The third-order valence-electron chi connectivity index (χ3n) is 1.94. The van der Waals surface area contributed by atoms with Crippen LogP contribution in [0.5, 0.6) is 0 Å². The van der Waals surface area contributed by atoms with Gasteiger partial charge in [0.2, 0.25) is 0 Å². The number of hydrogen-bond acceptors (Lipinski definition) is 1. The molecular formula is C10H12ClNO. The Kier molecular flexibility index (Phi) is 3.32. The van der Waals surface area contributed by atoms with E-state index in [-0.39, 0.29) is 5.91 Å². The molecule has 0 bridgehead atoms. The van der Waals surface area contributed by atoms with Gasteiger partial charge in [-0.15, -0.1) is 0 Å². The van der Waals surface area contributed by atoms with Crippen LogP contribution in [0.25, 0.3) is 0 Å². The average molecular weight is 198 g/mol. The van der Waals surface area contributed by atoms with Crippen molar-refractivity contribution in [3.8, 4) is 0 Å². The number of benzene rings is 1. The first-order valence-electron chi connectivity index (χ1n) is 4.20. The number of rotatable bonds is 2. The molecule has 0 aliphatic carbocycles. The first-order valence-corrected chi connectivity index (χ1v) is 4.58. The summed E-state index contributed by atoms with van der Waals surface area (Å²) in [5, 5.41) is 3.24. The van der Waals surface area contributed by atoms with Crippen LogP contribution in [0.2, 0.25) is 5.02 Å². The van der Waals surface area contributed by atoms with E-state index in [9.17, 15) is 4.79 Å². The molecule has 1 aromatic rings. The summed E-state index contributed by atoms with van der Waals surface area (Å²) in [6.45, 7) is 1.98. The maximum absolute atomic E-state index is 11.4. The zero-order valence-corrected chi connectivity index (χ0v) is 8.48. The van der Waals surface area contributed by atoms with Gasteiger partial charge in [-0.3, -0.25) is 4.79 Å². The van der Waals surface area contributed by atoms with Crippen LogP contribution in [0, 0.1) is 0 Å². The van der Waals surface area contributed by atoms with Crippen LogP contribution in [-0.2, 0) is 6.42 Å². The number of nitrogens with one attached hydrogen (secondary N) is 1. The number of halogens is 1. The molecule has 0 radical (unpaired) electrons. The van der Waals surface area contributed by atoms with Crippen LogP contribution >= 0.6 is 11.6 Å². The van der Waals surface area contributed by atoms with E-state index in [0.717, 1.165) is 12.0 Å². The Morgan fingerprint density at radius 3 is 2.77 bits per heavy atom. The standard InChI is InChI=1S/C10H12ClNO/c1-3-7-8(10(13)12-2)5-4-6-9(7)11/h4-6H,3H2,1-2H3,(H,12,13). The summed E-state index contributed by atoms with van der Waals surface area (Å²) >= 11 is 5.95. The van der Waals surface area contributed by atoms with E-state index < -0.39 is 0 Å². The quantitative estimate of drug-likeness (QED) is 0.775. The van der Waals surface area contributed by atoms with Gasteiger partial charge >= 0.3 is 0 Å². The van der Waals surface area contributed by atoms with E-state index in [4.69, 9.17) is 11.6 Å². The minimum Gasteiger partial charge on any atom is -0.355 e. The summed E-state index contributed by atoms with van der Waals surface area (Å²) < 4.78 is 0. The molecule has 0 heterocycles. The highest BCUT2D eigenvalue weighted by atomic mass is 35.5. The van der Waals surface area contributed by atoms with Crippen LogP contribution < -0.4 is 5.32 Å². The van der Waals surface area contributed by atoms with E-state index in [2.05, 4.69) is 5.32 Å². The van der Waals surface area contributed by atoms with Gasteiger partial charge in [0.05, 0.1) is 0 Å². The van der Waals surface area contributed by atoms with Crippen LogP contribution in [0.15, 0.2) is 18.2 Å². The monoisotopic (exact) mass is 197 g/mol. The zero-order chi connectivity index (χ0) is 9.84. The lowest BCUT2D eigenvalue weighted by Crippen LogP contribution is -2.19. The van der Waals surface area contributed by atoms with Gasteiger partial charge in [0.1, 0.15) is 0 Å². The Hall–Kier alpha value is -1.02. The van der Waals surface area contributed by atoms with E-state index in [1.807, 2.05) is 6.92 Å². The molecule has 0 atom stereocenters. The molecule has 2 nitrogen and oxygen atoms in total. The molecule has 0 unspecified atom stereocenters. The third kappa shape index (κ3) is 2.01. The second kappa shape index (κ2) is 4.28. The highest BCUT2D eigenvalue weighted by Crippen LogP contribution is 2.20. The summed E-state index contributed by atoms with van der Waals surface area (Å²) in [6.07, 6.45) is 0.766. The molecular weight excluding hydrogens is 186 g/mol. The molecule has 3 heteroatoms. The topological polar surface area (TPSA) is 29.1 Å². The summed E-state index contributed by atoms with van der Waals surface area (Å²) in [5.74, 6) is -0.0839. The normalized spacial score (nSPS) is 9.77. The largest absolute Gasteiger partial charge is 0.355 e. The van der Waals surface area contributed by atoms with Gasteiger partial charge in [0.25, 0.3) is 5.91 Å². The fourth-order valence-corrected chi connectivity index (χ4v) is 1.57. The van der Waals surface area contributed by atoms with Crippen LogP contribution in [0.4, 0.5) is 0 Å². The molecule has 1 N–H and O–H groups in total. The van der Waals surface area contributed by atoms with Crippen molar-refractivity contribution in [1.29, 1.82) is 0 Å². The van der Waals surface area contributed by atoms with Crippen LogP contribution in [-0.4, -0.2) is 13.0 Å². The Morgan fingerprint density at radius 1 is 1.54 bits per heavy atom. The number of amides is 1. The fourth-order valence-electron chi connectivity index (χ4n) is 1.27. The zero-order valence-electron chi connectivity index (χ0n) is 7.73. The third-order valence-corrected chi connectivity index (χ3v) is 2.30. The van der Waals surface area contributed by atoms with Gasteiger partial charge in [-0.05, 0) is 24.1 Å². The molecule has 0 fully saturated rings. The summed E-state index contributed by atoms with van der Waals surface area (Å²) in [7, 11) is 1.61. The minimum absolute atomic E-state index is 0.0839. The van der Waals surface area contributed by atoms with Crippen molar-refractivity contribution in [2.24, 2.45) is 0 Å². The first kappa shape index (κ1) is 10.1. The highest BCUT2D eigenvalue weighted by Gasteiger charge is 2.10. The molecule has 0 spiro atoms. The van der Waals surface area contributed by atoms with Gasteiger partial charge in [0, 0.05) is 17.6 Å². The molecule has 0 aliphatic heterocycles. The van der Waals surface area contributed by atoms with E-state index in [1.165, 1.54) is 0 Å². The molecule has 0 aromatic heterocycles.